The lowest BCUT2D eigenvalue weighted by Crippen LogP contribution is -2.25. The highest BCUT2D eigenvalue weighted by atomic mass is 16.4. The van der Waals surface area contributed by atoms with Crippen LogP contribution in [0.1, 0.15) is 42.1 Å². The fraction of sp³-hybridized carbons (Fsp3) is 0.389. The third-order valence-electron chi connectivity index (χ3n) is 3.98. The highest BCUT2D eigenvalue weighted by Crippen LogP contribution is 2.33. The molecule has 0 aliphatic rings. The van der Waals surface area contributed by atoms with Crippen molar-refractivity contribution in [3.05, 3.63) is 35.2 Å². The summed E-state index contributed by atoms with van der Waals surface area (Å²) in [5.41, 5.74) is 2.75. The van der Waals surface area contributed by atoms with Gasteiger partial charge in [-0.1, -0.05) is 32.0 Å². The standard InChI is InChI=1S/C18H21N3O3/c1-10(2)8-9-19-16(22)18-21-20-17(24-18)15-12(4)13-7-5-6-11(3)14(13)23-15/h5-7,10H,8-9H2,1-4H3,(H,19,22). The number of furan rings is 1. The Hall–Kier alpha value is -2.63. The molecule has 0 radical (unpaired) electrons. The molecular formula is C18H21N3O3. The summed E-state index contributed by atoms with van der Waals surface area (Å²) in [6.07, 6.45) is 0.898. The minimum atomic E-state index is -0.362. The summed E-state index contributed by atoms with van der Waals surface area (Å²) in [4.78, 5) is 12.0. The Bertz CT molecular complexity index is 877. The van der Waals surface area contributed by atoms with Crippen LogP contribution in [0.3, 0.4) is 0 Å². The molecule has 6 nitrogen and oxygen atoms in total. The van der Waals surface area contributed by atoms with Crippen molar-refractivity contribution in [2.24, 2.45) is 5.92 Å². The summed E-state index contributed by atoms with van der Waals surface area (Å²) in [6, 6.07) is 5.95. The first-order valence-electron chi connectivity index (χ1n) is 8.08. The molecule has 1 N–H and O–H groups in total. The molecule has 0 fully saturated rings. The second-order valence-corrected chi connectivity index (χ2v) is 6.36. The molecule has 0 aliphatic heterocycles. The minimum absolute atomic E-state index is 0.0506. The van der Waals surface area contributed by atoms with E-state index in [4.69, 9.17) is 8.83 Å². The first-order valence-corrected chi connectivity index (χ1v) is 8.08. The van der Waals surface area contributed by atoms with E-state index >= 15 is 0 Å². The molecule has 0 spiro atoms. The lowest BCUT2D eigenvalue weighted by molar-refractivity contribution is 0.0918. The number of hydrogen-bond acceptors (Lipinski definition) is 5. The van der Waals surface area contributed by atoms with Crippen LogP contribution in [0.5, 0.6) is 0 Å². The second-order valence-electron chi connectivity index (χ2n) is 6.36. The number of amides is 1. The van der Waals surface area contributed by atoms with E-state index < -0.39 is 0 Å². The van der Waals surface area contributed by atoms with Gasteiger partial charge in [0.05, 0.1) is 0 Å². The maximum absolute atomic E-state index is 12.0. The van der Waals surface area contributed by atoms with E-state index in [1.807, 2.05) is 32.0 Å². The molecule has 1 amide bonds. The van der Waals surface area contributed by atoms with Gasteiger partial charge in [-0.15, -0.1) is 10.2 Å². The lowest BCUT2D eigenvalue weighted by Gasteiger charge is -2.04. The third-order valence-corrected chi connectivity index (χ3v) is 3.98. The minimum Gasteiger partial charge on any atom is -0.450 e. The number of nitrogens with zero attached hydrogens (tertiary/aromatic N) is 2. The zero-order chi connectivity index (χ0) is 17.3. The lowest BCUT2D eigenvalue weighted by atomic mass is 10.1. The van der Waals surface area contributed by atoms with Crippen molar-refractivity contribution in [1.82, 2.24) is 15.5 Å². The van der Waals surface area contributed by atoms with Gasteiger partial charge in [0.25, 0.3) is 5.89 Å². The molecule has 0 bridgehead atoms. The van der Waals surface area contributed by atoms with Crippen LogP contribution in [0.15, 0.2) is 27.0 Å². The Morgan fingerprint density at radius 3 is 2.71 bits per heavy atom. The van der Waals surface area contributed by atoms with Gasteiger partial charge in [0.2, 0.25) is 0 Å². The van der Waals surface area contributed by atoms with Crippen LogP contribution >= 0.6 is 0 Å². The van der Waals surface area contributed by atoms with Gasteiger partial charge in [0, 0.05) is 17.5 Å². The second kappa shape index (κ2) is 6.47. The van der Waals surface area contributed by atoms with E-state index in [1.54, 1.807) is 0 Å². The van der Waals surface area contributed by atoms with Crippen molar-refractivity contribution in [3.8, 4) is 11.7 Å². The molecule has 3 rings (SSSR count). The molecule has 24 heavy (non-hydrogen) atoms. The fourth-order valence-electron chi connectivity index (χ4n) is 2.54. The number of para-hydroxylation sites is 1. The van der Waals surface area contributed by atoms with E-state index in [9.17, 15) is 4.79 Å². The van der Waals surface area contributed by atoms with Gasteiger partial charge < -0.3 is 14.2 Å². The Morgan fingerprint density at radius 2 is 2.00 bits per heavy atom. The van der Waals surface area contributed by atoms with Gasteiger partial charge in [-0.2, -0.15) is 0 Å². The quantitative estimate of drug-likeness (QED) is 0.769. The normalized spacial score (nSPS) is 11.4. The molecule has 0 unspecified atom stereocenters. The van der Waals surface area contributed by atoms with E-state index in [-0.39, 0.29) is 17.7 Å². The van der Waals surface area contributed by atoms with Gasteiger partial charge in [-0.05, 0) is 31.7 Å². The highest BCUT2D eigenvalue weighted by Gasteiger charge is 2.21. The number of hydrogen-bond donors (Lipinski definition) is 1. The van der Waals surface area contributed by atoms with Gasteiger partial charge in [-0.3, -0.25) is 4.79 Å². The number of rotatable bonds is 5. The maximum Gasteiger partial charge on any atom is 0.308 e. The molecule has 126 valence electrons. The van der Waals surface area contributed by atoms with Crippen LogP contribution in [0, 0.1) is 19.8 Å². The zero-order valence-corrected chi connectivity index (χ0v) is 14.3. The average molecular weight is 327 g/mol. The van der Waals surface area contributed by atoms with Crippen molar-refractivity contribution in [3.63, 3.8) is 0 Å². The number of benzene rings is 1. The van der Waals surface area contributed by atoms with E-state index in [0.717, 1.165) is 28.5 Å². The molecule has 2 aromatic heterocycles. The van der Waals surface area contributed by atoms with Gasteiger partial charge in [0.1, 0.15) is 5.58 Å². The number of nitrogens with one attached hydrogen (secondary N) is 1. The largest absolute Gasteiger partial charge is 0.450 e. The smallest absolute Gasteiger partial charge is 0.308 e. The van der Waals surface area contributed by atoms with Crippen LogP contribution < -0.4 is 5.32 Å². The predicted octanol–water partition coefficient (Wildman–Crippen LogP) is 3.88. The van der Waals surface area contributed by atoms with Crippen LogP contribution in [0.25, 0.3) is 22.6 Å². The Balaban J connectivity index is 1.84. The van der Waals surface area contributed by atoms with Crippen molar-refractivity contribution in [2.75, 3.05) is 6.54 Å². The summed E-state index contributed by atoms with van der Waals surface area (Å²) in [5, 5.41) is 11.6. The van der Waals surface area contributed by atoms with E-state index in [0.29, 0.717) is 18.2 Å². The molecule has 0 saturated carbocycles. The average Bonchev–Trinajstić information content (AvgIpc) is 3.13. The fourth-order valence-corrected chi connectivity index (χ4v) is 2.54. The number of fused-ring (bicyclic) bond motifs is 1. The van der Waals surface area contributed by atoms with Crippen molar-refractivity contribution < 1.29 is 13.6 Å². The SMILES string of the molecule is Cc1c(-c2nnc(C(=O)NCCC(C)C)o2)oc2c(C)cccc12. The van der Waals surface area contributed by atoms with Crippen molar-refractivity contribution in [2.45, 2.75) is 34.1 Å². The zero-order valence-electron chi connectivity index (χ0n) is 14.3. The molecule has 6 heteroatoms. The molecule has 0 atom stereocenters. The summed E-state index contributed by atoms with van der Waals surface area (Å²) in [7, 11) is 0. The molecule has 3 aromatic rings. The maximum atomic E-state index is 12.0. The molecule has 2 heterocycles. The van der Waals surface area contributed by atoms with Crippen LogP contribution in [-0.4, -0.2) is 22.6 Å². The van der Waals surface area contributed by atoms with Gasteiger partial charge in [-0.25, -0.2) is 0 Å². The number of carbonyl (C=O) groups is 1. The Morgan fingerprint density at radius 1 is 1.21 bits per heavy atom. The van der Waals surface area contributed by atoms with Gasteiger partial charge in [0.15, 0.2) is 5.76 Å². The van der Waals surface area contributed by atoms with Crippen molar-refractivity contribution in [1.29, 1.82) is 0 Å². The first-order chi connectivity index (χ1) is 11.5. The number of aromatic nitrogens is 2. The van der Waals surface area contributed by atoms with Crippen LogP contribution in [0.4, 0.5) is 0 Å². The molecular weight excluding hydrogens is 306 g/mol. The van der Waals surface area contributed by atoms with Crippen LogP contribution in [0.2, 0.25) is 0 Å². The predicted molar refractivity (Wildman–Crippen MR) is 90.8 cm³/mol. The summed E-state index contributed by atoms with van der Waals surface area (Å²) in [6.45, 7) is 8.70. The Labute approximate surface area is 140 Å². The number of aryl methyl sites for hydroxylation is 2. The third kappa shape index (κ3) is 3.04. The van der Waals surface area contributed by atoms with E-state index in [2.05, 4.69) is 29.4 Å². The first kappa shape index (κ1) is 16.2. The highest BCUT2D eigenvalue weighted by molar-refractivity contribution is 5.90. The summed E-state index contributed by atoms with van der Waals surface area (Å²) < 4.78 is 11.4. The topological polar surface area (TPSA) is 81.2 Å². The molecule has 0 saturated heterocycles. The summed E-state index contributed by atoms with van der Waals surface area (Å²) in [5.74, 6) is 0.833. The molecule has 1 aromatic carbocycles. The van der Waals surface area contributed by atoms with Crippen molar-refractivity contribution >= 4 is 16.9 Å². The molecule has 0 aliphatic carbocycles. The van der Waals surface area contributed by atoms with Gasteiger partial charge >= 0.3 is 11.8 Å². The monoisotopic (exact) mass is 327 g/mol. The van der Waals surface area contributed by atoms with E-state index in [1.165, 1.54) is 0 Å². The number of carbonyl (C=O) groups excluding carboxylic acids is 1. The summed E-state index contributed by atoms with van der Waals surface area (Å²) >= 11 is 0. The van der Waals surface area contributed by atoms with Crippen LogP contribution in [-0.2, 0) is 0 Å². The Kier molecular flexibility index (Phi) is 4.38.